The molecule has 8 nitrogen and oxygen atoms in total. The molecule has 2 N–H and O–H groups in total. The standard InChI is InChI=1S/C19H27N5O3/c1-4-20-19(22-13-18-23-14(2)15(3)27-18)21-12-6-5-7-16-8-10-17(11-9-16)24(25)26/h8-11H,4-7,12-13H2,1-3H3,(H2,20,21,22). The highest BCUT2D eigenvalue weighted by molar-refractivity contribution is 5.79. The lowest BCUT2D eigenvalue weighted by atomic mass is 10.1. The normalized spacial score (nSPS) is 11.4. The third-order valence-electron chi connectivity index (χ3n) is 4.12. The first kappa shape index (κ1) is 20.4. The van der Waals surface area contributed by atoms with Gasteiger partial charge < -0.3 is 15.1 Å². The zero-order valence-electron chi connectivity index (χ0n) is 16.1. The van der Waals surface area contributed by atoms with Gasteiger partial charge in [0.05, 0.1) is 10.6 Å². The maximum Gasteiger partial charge on any atom is 0.269 e. The predicted molar refractivity (Wildman–Crippen MR) is 105 cm³/mol. The Hall–Kier alpha value is -2.90. The molecule has 0 saturated carbocycles. The van der Waals surface area contributed by atoms with E-state index in [2.05, 4.69) is 20.6 Å². The first-order chi connectivity index (χ1) is 13.0. The number of nitro benzene ring substituents is 1. The minimum atomic E-state index is -0.379. The second-order valence-electron chi connectivity index (χ2n) is 6.25. The molecule has 0 fully saturated rings. The highest BCUT2D eigenvalue weighted by Gasteiger charge is 2.06. The van der Waals surface area contributed by atoms with Crippen molar-refractivity contribution in [2.45, 2.75) is 46.6 Å². The molecule has 0 spiro atoms. The van der Waals surface area contributed by atoms with E-state index in [1.165, 1.54) is 0 Å². The number of non-ortho nitro benzene ring substituents is 1. The molecule has 0 atom stereocenters. The fourth-order valence-electron chi connectivity index (χ4n) is 2.54. The van der Waals surface area contributed by atoms with E-state index in [0.717, 1.165) is 55.3 Å². The van der Waals surface area contributed by atoms with Crippen LogP contribution in [0.1, 0.15) is 42.7 Å². The van der Waals surface area contributed by atoms with Crippen LogP contribution < -0.4 is 10.6 Å². The third kappa shape index (κ3) is 6.73. The van der Waals surface area contributed by atoms with E-state index in [4.69, 9.17) is 4.42 Å². The summed E-state index contributed by atoms with van der Waals surface area (Å²) >= 11 is 0. The number of hydrogen-bond donors (Lipinski definition) is 2. The number of rotatable bonds is 9. The molecule has 0 radical (unpaired) electrons. The number of benzene rings is 1. The number of aliphatic imine (C=N–C) groups is 1. The molecule has 0 aliphatic heterocycles. The highest BCUT2D eigenvalue weighted by Crippen LogP contribution is 2.13. The molecular formula is C19H27N5O3. The molecule has 2 rings (SSSR count). The molecule has 1 aromatic heterocycles. The van der Waals surface area contributed by atoms with Crippen LogP contribution in [0.4, 0.5) is 5.69 Å². The molecule has 146 valence electrons. The van der Waals surface area contributed by atoms with Gasteiger partial charge in [0.15, 0.2) is 5.96 Å². The molecule has 27 heavy (non-hydrogen) atoms. The first-order valence-corrected chi connectivity index (χ1v) is 9.18. The molecule has 2 aromatic rings. The maximum absolute atomic E-state index is 10.7. The van der Waals surface area contributed by atoms with Crippen molar-refractivity contribution in [3.05, 3.63) is 57.3 Å². The number of oxazole rings is 1. The Balaban J connectivity index is 1.73. The molecular weight excluding hydrogens is 346 g/mol. The Kier molecular flexibility index (Phi) is 7.79. The van der Waals surface area contributed by atoms with Gasteiger partial charge in [0, 0.05) is 25.2 Å². The molecule has 0 bridgehead atoms. The van der Waals surface area contributed by atoms with Crippen LogP contribution in [0.5, 0.6) is 0 Å². The molecule has 0 unspecified atom stereocenters. The SMILES string of the molecule is CCNC(=NCc1nc(C)c(C)o1)NCCCCc1ccc([N+](=O)[O-])cc1. The lowest BCUT2D eigenvalue weighted by Gasteiger charge is -2.10. The number of guanidine groups is 1. The summed E-state index contributed by atoms with van der Waals surface area (Å²) in [5, 5.41) is 17.2. The number of unbranched alkanes of at least 4 members (excludes halogenated alkanes) is 1. The Morgan fingerprint density at radius 1 is 1.22 bits per heavy atom. The highest BCUT2D eigenvalue weighted by atomic mass is 16.6. The van der Waals surface area contributed by atoms with Crippen LogP contribution in [0, 0.1) is 24.0 Å². The average Bonchev–Trinajstić information content (AvgIpc) is 2.97. The van der Waals surface area contributed by atoms with Crippen molar-refractivity contribution >= 4 is 11.6 Å². The summed E-state index contributed by atoms with van der Waals surface area (Å²) in [6.07, 6.45) is 2.85. The molecule has 8 heteroatoms. The van der Waals surface area contributed by atoms with Gasteiger partial charge in [-0.3, -0.25) is 10.1 Å². The van der Waals surface area contributed by atoms with Gasteiger partial charge in [-0.2, -0.15) is 0 Å². The number of hydrogen-bond acceptors (Lipinski definition) is 5. The lowest BCUT2D eigenvalue weighted by molar-refractivity contribution is -0.384. The lowest BCUT2D eigenvalue weighted by Crippen LogP contribution is -2.37. The topological polar surface area (TPSA) is 106 Å². The van der Waals surface area contributed by atoms with Crippen LogP contribution in [0.3, 0.4) is 0 Å². The van der Waals surface area contributed by atoms with Gasteiger partial charge >= 0.3 is 0 Å². The molecule has 0 saturated heterocycles. The van der Waals surface area contributed by atoms with E-state index in [1.807, 2.05) is 32.9 Å². The molecule has 0 aliphatic carbocycles. The van der Waals surface area contributed by atoms with Crippen LogP contribution in [0.2, 0.25) is 0 Å². The Bertz CT molecular complexity index is 749. The van der Waals surface area contributed by atoms with Gasteiger partial charge in [0.25, 0.3) is 5.69 Å². The Labute approximate surface area is 159 Å². The summed E-state index contributed by atoms with van der Waals surface area (Å²) in [7, 11) is 0. The van der Waals surface area contributed by atoms with Crippen molar-refractivity contribution in [3.63, 3.8) is 0 Å². The van der Waals surface area contributed by atoms with E-state index in [-0.39, 0.29) is 10.6 Å². The van der Waals surface area contributed by atoms with Crippen LogP contribution in [0.25, 0.3) is 0 Å². The zero-order chi connectivity index (χ0) is 19.6. The van der Waals surface area contributed by atoms with E-state index >= 15 is 0 Å². The van der Waals surface area contributed by atoms with E-state index in [1.54, 1.807) is 12.1 Å². The summed E-state index contributed by atoms with van der Waals surface area (Å²) in [5.41, 5.74) is 2.13. The molecule has 1 aromatic carbocycles. The predicted octanol–water partition coefficient (Wildman–Crippen LogP) is 3.28. The van der Waals surface area contributed by atoms with Crippen molar-refractivity contribution in [3.8, 4) is 0 Å². The van der Waals surface area contributed by atoms with Gasteiger partial charge in [-0.05, 0) is 45.6 Å². The van der Waals surface area contributed by atoms with Crippen LogP contribution >= 0.6 is 0 Å². The Morgan fingerprint density at radius 2 is 1.96 bits per heavy atom. The minimum absolute atomic E-state index is 0.128. The third-order valence-corrected chi connectivity index (χ3v) is 4.12. The second kappa shape index (κ2) is 10.3. The van der Waals surface area contributed by atoms with Crippen molar-refractivity contribution in [2.24, 2.45) is 4.99 Å². The largest absolute Gasteiger partial charge is 0.444 e. The van der Waals surface area contributed by atoms with Gasteiger partial charge in [0.1, 0.15) is 12.3 Å². The fraction of sp³-hybridized carbons (Fsp3) is 0.474. The van der Waals surface area contributed by atoms with Crippen molar-refractivity contribution in [1.29, 1.82) is 0 Å². The fourth-order valence-corrected chi connectivity index (χ4v) is 2.54. The van der Waals surface area contributed by atoms with E-state index in [9.17, 15) is 10.1 Å². The molecule has 0 amide bonds. The molecule has 0 aliphatic rings. The molecule has 1 heterocycles. The smallest absolute Gasteiger partial charge is 0.269 e. The number of aromatic nitrogens is 1. The van der Waals surface area contributed by atoms with Crippen molar-refractivity contribution in [1.82, 2.24) is 15.6 Å². The van der Waals surface area contributed by atoms with Crippen LogP contribution in [-0.4, -0.2) is 29.0 Å². The van der Waals surface area contributed by atoms with Gasteiger partial charge in [-0.1, -0.05) is 12.1 Å². The first-order valence-electron chi connectivity index (χ1n) is 9.18. The number of nitro groups is 1. The van der Waals surface area contributed by atoms with Gasteiger partial charge in [-0.25, -0.2) is 9.98 Å². The van der Waals surface area contributed by atoms with Gasteiger partial charge in [0.2, 0.25) is 5.89 Å². The van der Waals surface area contributed by atoms with Crippen molar-refractivity contribution < 1.29 is 9.34 Å². The zero-order valence-corrected chi connectivity index (χ0v) is 16.1. The summed E-state index contributed by atoms with van der Waals surface area (Å²) in [6.45, 7) is 7.79. The summed E-state index contributed by atoms with van der Waals surface area (Å²) in [4.78, 5) is 19.1. The monoisotopic (exact) mass is 373 g/mol. The average molecular weight is 373 g/mol. The van der Waals surface area contributed by atoms with Crippen LogP contribution in [0.15, 0.2) is 33.7 Å². The maximum atomic E-state index is 10.7. The van der Waals surface area contributed by atoms with E-state index in [0.29, 0.717) is 12.4 Å². The quantitative estimate of drug-likeness (QED) is 0.230. The van der Waals surface area contributed by atoms with Crippen molar-refractivity contribution in [2.75, 3.05) is 13.1 Å². The summed E-state index contributed by atoms with van der Waals surface area (Å²) in [5.74, 6) is 2.17. The second-order valence-corrected chi connectivity index (χ2v) is 6.25. The summed E-state index contributed by atoms with van der Waals surface area (Å²) in [6, 6.07) is 6.74. The van der Waals surface area contributed by atoms with Crippen LogP contribution in [-0.2, 0) is 13.0 Å². The minimum Gasteiger partial charge on any atom is -0.444 e. The summed E-state index contributed by atoms with van der Waals surface area (Å²) < 4.78 is 5.54. The van der Waals surface area contributed by atoms with Gasteiger partial charge in [-0.15, -0.1) is 0 Å². The Morgan fingerprint density at radius 3 is 2.56 bits per heavy atom. The number of nitrogens with zero attached hydrogens (tertiary/aromatic N) is 3. The number of nitrogens with one attached hydrogen (secondary N) is 2. The van der Waals surface area contributed by atoms with E-state index < -0.39 is 0 Å². The number of aryl methyl sites for hydroxylation is 3.